The van der Waals surface area contributed by atoms with Gasteiger partial charge in [-0.2, -0.15) is 12.7 Å². The summed E-state index contributed by atoms with van der Waals surface area (Å²) in [6, 6.07) is 0. The highest BCUT2D eigenvalue weighted by atomic mass is 32.2. The smallest absolute Gasteiger partial charge is 0.279 e. The summed E-state index contributed by atoms with van der Waals surface area (Å²) in [5.74, 6) is 0.114. The zero-order chi connectivity index (χ0) is 13.9. The monoisotopic (exact) mass is 290 g/mol. The summed E-state index contributed by atoms with van der Waals surface area (Å²) in [5, 5.41) is 0. The number of carbonyl (C=O) groups is 1. The van der Waals surface area contributed by atoms with Crippen LogP contribution in [0.3, 0.4) is 0 Å². The van der Waals surface area contributed by atoms with E-state index in [2.05, 4.69) is 9.62 Å². The van der Waals surface area contributed by atoms with Gasteiger partial charge < -0.3 is 4.90 Å². The van der Waals surface area contributed by atoms with Gasteiger partial charge in [-0.05, 0) is 25.9 Å². The van der Waals surface area contributed by atoms with Gasteiger partial charge in [0.1, 0.15) is 0 Å². The molecule has 0 aromatic rings. The largest absolute Gasteiger partial charge is 0.339 e. The predicted molar refractivity (Wildman–Crippen MR) is 71.8 cm³/mol. The van der Waals surface area contributed by atoms with E-state index < -0.39 is 10.2 Å². The molecule has 2 rings (SSSR count). The van der Waals surface area contributed by atoms with Crippen LogP contribution >= 0.6 is 0 Å². The van der Waals surface area contributed by atoms with Gasteiger partial charge in [-0.25, -0.2) is 4.72 Å². The molecule has 2 heterocycles. The molecule has 1 amide bonds. The van der Waals surface area contributed by atoms with Crippen molar-refractivity contribution < 1.29 is 13.2 Å². The minimum Gasteiger partial charge on any atom is -0.339 e. The van der Waals surface area contributed by atoms with Crippen molar-refractivity contribution in [3.63, 3.8) is 0 Å². The van der Waals surface area contributed by atoms with Gasteiger partial charge in [0.25, 0.3) is 10.2 Å². The van der Waals surface area contributed by atoms with Gasteiger partial charge in [0.2, 0.25) is 5.91 Å². The molecule has 110 valence electrons. The van der Waals surface area contributed by atoms with Crippen LogP contribution in [-0.2, 0) is 15.0 Å². The number of rotatable bonds is 4. The third-order valence-corrected chi connectivity index (χ3v) is 5.31. The van der Waals surface area contributed by atoms with Crippen LogP contribution in [0.5, 0.6) is 0 Å². The Balaban J connectivity index is 1.80. The number of carbonyl (C=O) groups excluding carboxylic acids is 1. The van der Waals surface area contributed by atoms with Gasteiger partial charge >= 0.3 is 0 Å². The fourth-order valence-electron chi connectivity index (χ4n) is 2.54. The molecular weight excluding hydrogens is 268 g/mol. The Morgan fingerprint density at radius 3 is 2.16 bits per heavy atom. The molecular formula is C11H22N4O3S. The Bertz CT molecular complexity index is 412. The molecule has 0 spiro atoms. The first-order chi connectivity index (χ1) is 9.03. The first-order valence-corrected chi connectivity index (χ1v) is 8.15. The van der Waals surface area contributed by atoms with Gasteiger partial charge in [0, 0.05) is 33.2 Å². The molecule has 7 nitrogen and oxygen atoms in total. The van der Waals surface area contributed by atoms with E-state index in [-0.39, 0.29) is 5.91 Å². The van der Waals surface area contributed by atoms with Crippen molar-refractivity contribution in [1.82, 2.24) is 18.8 Å². The summed E-state index contributed by atoms with van der Waals surface area (Å²) >= 11 is 0. The molecule has 0 bridgehead atoms. The highest BCUT2D eigenvalue weighted by Crippen LogP contribution is 2.10. The van der Waals surface area contributed by atoms with Crippen molar-refractivity contribution in [2.24, 2.45) is 0 Å². The molecule has 0 radical (unpaired) electrons. The molecule has 0 aromatic carbocycles. The van der Waals surface area contributed by atoms with Crippen molar-refractivity contribution in [3.8, 4) is 0 Å². The third kappa shape index (κ3) is 3.65. The van der Waals surface area contributed by atoms with Crippen molar-refractivity contribution in [2.45, 2.75) is 12.8 Å². The topological polar surface area (TPSA) is 73.0 Å². The molecule has 2 fully saturated rings. The van der Waals surface area contributed by atoms with Gasteiger partial charge in [-0.1, -0.05) is 0 Å². The van der Waals surface area contributed by atoms with E-state index in [4.69, 9.17) is 0 Å². The maximum atomic E-state index is 12.1. The first kappa shape index (κ1) is 14.7. The van der Waals surface area contributed by atoms with Crippen molar-refractivity contribution in [3.05, 3.63) is 0 Å². The Hall–Kier alpha value is -0.700. The van der Waals surface area contributed by atoms with E-state index in [9.17, 15) is 13.2 Å². The Labute approximate surface area is 114 Å². The summed E-state index contributed by atoms with van der Waals surface area (Å²) in [7, 11) is -1.95. The van der Waals surface area contributed by atoms with Gasteiger partial charge in [-0.3, -0.25) is 9.69 Å². The molecule has 1 N–H and O–H groups in total. The quantitative estimate of drug-likeness (QED) is 0.698. The highest BCUT2D eigenvalue weighted by Gasteiger charge is 2.28. The Morgan fingerprint density at radius 1 is 1.05 bits per heavy atom. The number of nitrogens with one attached hydrogen (secondary N) is 1. The molecule has 2 aliphatic heterocycles. The zero-order valence-corrected chi connectivity index (χ0v) is 12.2. The first-order valence-electron chi connectivity index (χ1n) is 6.71. The molecule has 2 aliphatic rings. The van der Waals surface area contributed by atoms with Gasteiger partial charge in [0.15, 0.2) is 0 Å². The second-order valence-electron chi connectivity index (χ2n) is 4.97. The van der Waals surface area contributed by atoms with Crippen LogP contribution < -0.4 is 4.72 Å². The van der Waals surface area contributed by atoms with Crippen LogP contribution in [0, 0.1) is 0 Å². The number of amides is 1. The minimum atomic E-state index is -3.36. The van der Waals surface area contributed by atoms with E-state index in [1.54, 1.807) is 4.90 Å². The van der Waals surface area contributed by atoms with Gasteiger partial charge in [0.05, 0.1) is 6.54 Å². The van der Waals surface area contributed by atoms with Crippen LogP contribution in [0.2, 0.25) is 0 Å². The number of nitrogens with zero attached hydrogens (tertiary/aromatic N) is 3. The maximum absolute atomic E-state index is 12.1. The summed E-state index contributed by atoms with van der Waals surface area (Å²) in [6.07, 6.45) is 2.34. The predicted octanol–water partition coefficient (Wildman–Crippen LogP) is -1.31. The Morgan fingerprint density at radius 2 is 1.63 bits per heavy atom. The van der Waals surface area contributed by atoms with Crippen LogP contribution in [0.1, 0.15) is 12.8 Å². The molecule has 0 unspecified atom stereocenters. The summed E-state index contributed by atoms with van der Waals surface area (Å²) in [4.78, 5) is 16.0. The molecule has 0 aliphatic carbocycles. The van der Waals surface area contributed by atoms with Crippen LogP contribution in [-0.4, -0.2) is 81.3 Å². The zero-order valence-electron chi connectivity index (χ0n) is 11.3. The fourth-order valence-corrected chi connectivity index (χ4v) is 3.44. The minimum absolute atomic E-state index is 0.114. The van der Waals surface area contributed by atoms with Crippen LogP contribution in [0.15, 0.2) is 0 Å². The van der Waals surface area contributed by atoms with Crippen molar-refractivity contribution in [1.29, 1.82) is 0 Å². The second-order valence-corrected chi connectivity index (χ2v) is 6.85. The third-order valence-electron chi connectivity index (χ3n) is 3.75. The van der Waals surface area contributed by atoms with E-state index >= 15 is 0 Å². The SMILES string of the molecule is CNS(=O)(=O)N1CCN(C(=O)CN2CCCC2)CC1. The molecule has 19 heavy (non-hydrogen) atoms. The normalized spacial score (nSPS) is 22.9. The second kappa shape index (κ2) is 6.17. The number of hydrogen-bond acceptors (Lipinski definition) is 4. The Kier molecular flexibility index (Phi) is 4.77. The van der Waals surface area contributed by atoms with E-state index in [1.807, 2.05) is 0 Å². The maximum Gasteiger partial charge on any atom is 0.279 e. The lowest BCUT2D eigenvalue weighted by Gasteiger charge is -2.34. The summed E-state index contributed by atoms with van der Waals surface area (Å²) < 4.78 is 26.9. The van der Waals surface area contributed by atoms with Crippen molar-refractivity contribution in [2.75, 3.05) is 52.9 Å². The average Bonchev–Trinajstić information content (AvgIpc) is 2.91. The molecule has 2 saturated heterocycles. The molecule has 0 aromatic heterocycles. The van der Waals surface area contributed by atoms with E-state index in [0.717, 1.165) is 13.1 Å². The molecule has 8 heteroatoms. The average molecular weight is 290 g/mol. The summed E-state index contributed by atoms with van der Waals surface area (Å²) in [5.41, 5.74) is 0. The molecule has 0 atom stereocenters. The number of piperazine rings is 1. The number of hydrogen-bond donors (Lipinski definition) is 1. The van der Waals surface area contributed by atoms with Crippen LogP contribution in [0.4, 0.5) is 0 Å². The lowest BCUT2D eigenvalue weighted by Crippen LogP contribution is -2.54. The lowest BCUT2D eigenvalue weighted by atomic mass is 10.3. The standard InChI is InChI=1S/C11H22N4O3S/c1-12-19(17,18)15-8-6-14(7-9-15)11(16)10-13-4-2-3-5-13/h12H,2-10H2,1H3. The highest BCUT2D eigenvalue weighted by molar-refractivity contribution is 7.87. The fraction of sp³-hybridized carbons (Fsp3) is 0.909. The summed E-state index contributed by atoms with van der Waals surface area (Å²) in [6.45, 7) is 4.17. The lowest BCUT2D eigenvalue weighted by molar-refractivity contribution is -0.133. The van der Waals surface area contributed by atoms with Crippen LogP contribution in [0.25, 0.3) is 0 Å². The molecule has 0 saturated carbocycles. The van der Waals surface area contributed by atoms with Crippen molar-refractivity contribution >= 4 is 16.1 Å². The number of likely N-dealkylation sites (tertiary alicyclic amines) is 1. The van der Waals surface area contributed by atoms with Gasteiger partial charge in [-0.15, -0.1) is 0 Å². The van der Waals surface area contributed by atoms with E-state index in [0.29, 0.717) is 32.7 Å². The van der Waals surface area contributed by atoms with E-state index in [1.165, 1.54) is 24.2 Å².